The van der Waals surface area contributed by atoms with E-state index < -0.39 is 0 Å². The van der Waals surface area contributed by atoms with Crippen LogP contribution >= 0.6 is 0 Å². The van der Waals surface area contributed by atoms with Gasteiger partial charge in [-0.1, -0.05) is 6.58 Å². The van der Waals surface area contributed by atoms with Crippen molar-refractivity contribution in [3.8, 4) is 0 Å². The number of carbonyl (C=O) groups excluding carboxylic acids is 1. The summed E-state index contributed by atoms with van der Waals surface area (Å²) in [5.74, 6) is -0.297. The molecule has 1 N–H and O–H groups in total. The molecule has 0 aromatic carbocycles. The molecule has 1 amide bonds. The Morgan fingerprint density at radius 2 is 2.21 bits per heavy atom. The third-order valence-corrected chi connectivity index (χ3v) is 2.22. The van der Waals surface area contributed by atoms with Crippen molar-refractivity contribution in [2.45, 2.75) is 13.3 Å². The van der Waals surface area contributed by atoms with Gasteiger partial charge >= 0.3 is 0 Å². The van der Waals surface area contributed by atoms with Gasteiger partial charge < -0.3 is 4.48 Å². The van der Waals surface area contributed by atoms with E-state index >= 15 is 0 Å². The molecule has 0 saturated heterocycles. The largest absolute Gasteiger partial charge is 0.329 e. The highest BCUT2D eigenvalue weighted by Gasteiger charge is 2.10. The summed E-state index contributed by atoms with van der Waals surface area (Å²) in [6.07, 6.45) is 2.12. The second-order valence-electron chi connectivity index (χ2n) is 3.85. The van der Waals surface area contributed by atoms with Gasteiger partial charge in [0.1, 0.15) is 0 Å². The van der Waals surface area contributed by atoms with E-state index in [4.69, 9.17) is 4.84 Å². The van der Waals surface area contributed by atoms with Gasteiger partial charge in [-0.2, -0.15) is 0 Å². The quantitative estimate of drug-likeness (QED) is 0.285. The Morgan fingerprint density at radius 1 is 1.57 bits per heavy atom. The number of hydrogen-bond donors (Lipinski definition) is 1. The van der Waals surface area contributed by atoms with Crippen LogP contribution in [-0.4, -0.2) is 44.2 Å². The first-order valence-electron chi connectivity index (χ1n) is 4.88. The zero-order valence-corrected chi connectivity index (χ0v) is 9.38. The summed E-state index contributed by atoms with van der Waals surface area (Å²) in [5.41, 5.74) is 2.27. The van der Waals surface area contributed by atoms with E-state index in [-0.39, 0.29) is 5.91 Å². The van der Waals surface area contributed by atoms with Gasteiger partial charge in [-0.3, -0.25) is 9.63 Å². The van der Waals surface area contributed by atoms with Crippen molar-refractivity contribution in [2.75, 3.05) is 33.8 Å². The van der Waals surface area contributed by atoms with E-state index in [1.165, 1.54) is 6.08 Å². The first-order valence-corrected chi connectivity index (χ1v) is 4.88. The molecule has 0 spiro atoms. The average molecular weight is 201 g/mol. The lowest BCUT2D eigenvalue weighted by Crippen LogP contribution is -2.40. The normalized spacial score (nSPS) is 11.1. The molecule has 0 fully saturated rings. The van der Waals surface area contributed by atoms with Crippen molar-refractivity contribution in [2.24, 2.45) is 0 Å². The molecule has 82 valence electrons. The zero-order chi connectivity index (χ0) is 11.0. The summed E-state index contributed by atoms with van der Waals surface area (Å²) in [6, 6.07) is 0. The van der Waals surface area contributed by atoms with Gasteiger partial charge in [0, 0.05) is 6.42 Å². The molecule has 0 aliphatic carbocycles. The first-order chi connectivity index (χ1) is 6.52. The van der Waals surface area contributed by atoms with Crippen LogP contribution < -0.4 is 5.48 Å². The van der Waals surface area contributed by atoms with Crippen LogP contribution in [0.1, 0.15) is 13.3 Å². The van der Waals surface area contributed by atoms with Crippen molar-refractivity contribution in [1.29, 1.82) is 0 Å². The molecule has 0 bridgehead atoms. The van der Waals surface area contributed by atoms with E-state index in [0.29, 0.717) is 6.61 Å². The Labute approximate surface area is 86.1 Å². The maximum absolute atomic E-state index is 10.7. The summed E-state index contributed by atoms with van der Waals surface area (Å²) in [6.45, 7) is 8.15. The Bertz CT molecular complexity index is 191. The number of hydrogen-bond acceptors (Lipinski definition) is 2. The van der Waals surface area contributed by atoms with Crippen molar-refractivity contribution in [3.63, 3.8) is 0 Å². The van der Waals surface area contributed by atoms with Crippen LogP contribution in [0.25, 0.3) is 0 Å². The predicted octanol–water partition coefficient (Wildman–Crippen LogP) is 0.707. The molecule has 14 heavy (non-hydrogen) atoms. The topological polar surface area (TPSA) is 38.3 Å². The molecular formula is C10H21N2O2+. The standard InChI is InChI=1S/C10H20N2O2/c1-5-10(13)11-14-9-7-8-12(3,4)6-2/h5H,1,6-9H2,2-4H3/p+1. The minimum absolute atomic E-state index is 0.297. The number of nitrogens with zero attached hydrogens (tertiary/aromatic N) is 1. The monoisotopic (exact) mass is 201 g/mol. The van der Waals surface area contributed by atoms with E-state index in [1.807, 2.05) is 0 Å². The number of hydroxylamine groups is 1. The first kappa shape index (κ1) is 13.1. The molecule has 0 atom stereocenters. The number of quaternary nitrogens is 1. The zero-order valence-electron chi connectivity index (χ0n) is 9.38. The van der Waals surface area contributed by atoms with Crippen LogP contribution in [-0.2, 0) is 9.63 Å². The van der Waals surface area contributed by atoms with Crippen LogP contribution in [0.2, 0.25) is 0 Å². The van der Waals surface area contributed by atoms with Crippen molar-refractivity contribution < 1.29 is 14.1 Å². The summed E-state index contributed by atoms with van der Waals surface area (Å²) >= 11 is 0. The Kier molecular flexibility index (Phi) is 6.16. The molecule has 0 aliphatic heterocycles. The van der Waals surface area contributed by atoms with Crippen molar-refractivity contribution >= 4 is 5.91 Å². The molecule has 4 heteroatoms. The summed E-state index contributed by atoms with van der Waals surface area (Å²) in [4.78, 5) is 15.6. The third-order valence-electron chi connectivity index (χ3n) is 2.22. The predicted molar refractivity (Wildman–Crippen MR) is 56.4 cm³/mol. The van der Waals surface area contributed by atoms with Crippen LogP contribution in [0, 0.1) is 0 Å². The van der Waals surface area contributed by atoms with Crippen LogP contribution in [0.4, 0.5) is 0 Å². The molecule has 0 aromatic rings. The number of nitrogens with one attached hydrogen (secondary N) is 1. The average Bonchev–Trinajstić information content (AvgIpc) is 2.17. The van der Waals surface area contributed by atoms with Gasteiger partial charge in [-0.25, -0.2) is 5.48 Å². The van der Waals surface area contributed by atoms with Crippen LogP contribution in [0.5, 0.6) is 0 Å². The van der Waals surface area contributed by atoms with E-state index in [9.17, 15) is 4.79 Å². The second kappa shape index (κ2) is 6.56. The third kappa shape index (κ3) is 6.62. The van der Waals surface area contributed by atoms with Crippen LogP contribution in [0.15, 0.2) is 12.7 Å². The molecule has 0 saturated carbocycles. The molecule has 0 unspecified atom stereocenters. The van der Waals surface area contributed by atoms with Crippen molar-refractivity contribution in [1.82, 2.24) is 5.48 Å². The fourth-order valence-corrected chi connectivity index (χ4v) is 0.887. The van der Waals surface area contributed by atoms with E-state index in [0.717, 1.165) is 24.0 Å². The maximum atomic E-state index is 10.7. The highest BCUT2D eigenvalue weighted by atomic mass is 16.6. The molecular weight excluding hydrogens is 180 g/mol. The highest BCUT2D eigenvalue weighted by molar-refractivity contribution is 5.85. The number of carbonyl (C=O) groups is 1. The molecule has 0 radical (unpaired) electrons. The molecule has 0 aromatic heterocycles. The summed E-state index contributed by atoms with van der Waals surface area (Å²) < 4.78 is 0.971. The fraction of sp³-hybridized carbons (Fsp3) is 0.700. The minimum Gasteiger partial charge on any atom is -0.329 e. The number of rotatable bonds is 7. The van der Waals surface area contributed by atoms with Crippen molar-refractivity contribution in [3.05, 3.63) is 12.7 Å². The lowest BCUT2D eigenvalue weighted by Gasteiger charge is -2.27. The fourth-order valence-electron chi connectivity index (χ4n) is 0.887. The molecule has 0 aliphatic rings. The lowest BCUT2D eigenvalue weighted by molar-refractivity contribution is -0.888. The maximum Gasteiger partial charge on any atom is 0.266 e. The van der Waals surface area contributed by atoms with E-state index in [2.05, 4.69) is 33.1 Å². The lowest BCUT2D eigenvalue weighted by atomic mass is 10.3. The minimum atomic E-state index is -0.297. The Hall–Kier alpha value is -0.870. The second-order valence-corrected chi connectivity index (χ2v) is 3.85. The molecule has 0 heterocycles. The summed E-state index contributed by atoms with van der Waals surface area (Å²) in [5, 5.41) is 0. The number of amides is 1. The van der Waals surface area contributed by atoms with Gasteiger partial charge in [0.15, 0.2) is 0 Å². The van der Waals surface area contributed by atoms with Gasteiger partial charge in [0.2, 0.25) is 0 Å². The smallest absolute Gasteiger partial charge is 0.266 e. The van der Waals surface area contributed by atoms with Gasteiger partial charge in [0.05, 0.1) is 33.8 Å². The highest BCUT2D eigenvalue weighted by Crippen LogP contribution is 1.97. The SMILES string of the molecule is C=CC(=O)NOCCC[N+](C)(C)CC. The van der Waals surface area contributed by atoms with Gasteiger partial charge in [0.25, 0.3) is 5.91 Å². The van der Waals surface area contributed by atoms with Gasteiger partial charge in [-0.05, 0) is 13.0 Å². The summed E-state index contributed by atoms with van der Waals surface area (Å²) in [7, 11) is 4.34. The Balaban J connectivity index is 3.38. The van der Waals surface area contributed by atoms with Crippen LogP contribution in [0.3, 0.4) is 0 Å². The van der Waals surface area contributed by atoms with E-state index in [1.54, 1.807) is 0 Å². The Morgan fingerprint density at radius 3 is 2.71 bits per heavy atom. The van der Waals surface area contributed by atoms with Gasteiger partial charge in [-0.15, -0.1) is 0 Å². The molecule has 4 nitrogen and oxygen atoms in total. The molecule has 0 rings (SSSR count).